The molecule has 0 amide bonds. The predicted molar refractivity (Wildman–Crippen MR) is 108 cm³/mol. The molecular formula is C23H19N3O. The van der Waals surface area contributed by atoms with Crippen molar-refractivity contribution in [3.8, 4) is 5.75 Å². The molecule has 0 aliphatic carbocycles. The van der Waals surface area contributed by atoms with Crippen LogP contribution in [0.4, 0.5) is 0 Å². The first-order valence-corrected chi connectivity index (χ1v) is 9.06. The van der Waals surface area contributed by atoms with Gasteiger partial charge < -0.3 is 4.74 Å². The zero-order chi connectivity index (χ0) is 18.4. The third kappa shape index (κ3) is 2.53. The number of benzene rings is 3. The first-order chi connectivity index (χ1) is 13.2. The molecule has 0 spiro atoms. The van der Waals surface area contributed by atoms with E-state index in [2.05, 4.69) is 36.4 Å². The van der Waals surface area contributed by atoms with Gasteiger partial charge in [-0.3, -0.25) is 4.40 Å². The molecule has 3 aromatic carbocycles. The Hall–Kier alpha value is -3.40. The van der Waals surface area contributed by atoms with Gasteiger partial charge in [-0.1, -0.05) is 36.4 Å². The van der Waals surface area contributed by atoms with E-state index in [-0.39, 0.29) is 0 Å². The van der Waals surface area contributed by atoms with Crippen LogP contribution in [0.3, 0.4) is 0 Å². The highest BCUT2D eigenvalue weighted by Gasteiger charge is 2.14. The highest BCUT2D eigenvalue weighted by molar-refractivity contribution is 5.96. The van der Waals surface area contributed by atoms with Crippen LogP contribution >= 0.6 is 0 Å². The number of hydrogen-bond acceptors (Lipinski definition) is 3. The van der Waals surface area contributed by atoms with Crippen LogP contribution in [0.15, 0.2) is 66.7 Å². The van der Waals surface area contributed by atoms with Crippen molar-refractivity contribution in [3.05, 3.63) is 83.7 Å². The Bertz CT molecular complexity index is 1300. The van der Waals surface area contributed by atoms with Crippen molar-refractivity contribution in [1.82, 2.24) is 14.4 Å². The maximum absolute atomic E-state index is 6.17. The molecule has 5 aromatic rings. The van der Waals surface area contributed by atoms with E-state index in [1.807, 2.05) is 48.5 Å². The molecule has 4 nitrogen and oxygen atoms in total. The molecule has 0 aliphatic rings. The lowest BCUT2D eigenvalue weighted by Gasteiger charge is -2.13. The van der Waals surface area contributed by atoms with E-state index < -0.39 is 0 Å². The minimum atomic E-state index is 0.381. The number of nitrogens with zero attached hydrogens (tertiary/aromatic N) is 3. The van der Waals surface area contributed by atoms with E-state index >= 15 is 0 Å². The number of ether oxygens (including phenoxy) is 1. The van der Waals surface area contributed by atoms with Gasteiger partial charge in [0.15, 0.2) is 5.82 Å². The summed E-state index contributed by atoms with van der Waals surface area (Å²) in [6.07, 6.45) is 0. The van der Waals surface area contributed by atoms with Crippen molar-refractivity contribution in [2.45, 2.75) is 20.5 Å². The third-order valence-electron chi connectivity index (χ3n) is 5.13. The maximum Gasteiger partial charge on any atom is 0.153 e. The molecule has 5 rings (SSSR count). The van der Waals surface area contributed by atoms with E-state index in [0.717, 1.165) is 44.7 Å². The zero-order valence-corrected chi connectivity index (χ0v) is 15.3. The van der Waals surface area contributed by atoms with Gasteiger partial charge in [-0.15, -0.1) is 0 Å². The van der Waals surface area contributed by atoms with Gasteiger partial charge in [0.25, 0.3) is 0 Å². The van der Waals surface area contributed by atoms with E-state index in [4.69, 9.17) is 14.7 Å². The van der Waals surface area contributed by atoms with Gasteiger partial charge in [-0.25, -0.2) is 9.97 Å². The summed E-state index contributed by atoms with van der Waals surface area (Å²) >= 11 is 0. The molecule has 2 heterocycles. The molecule has 27 heavy (non-hydrogen) atoms. The van der Waals surface area contributed by atoms with Crippen LogP contribution in [-0.4, -0.2) is 14.4 Å². The molecule has 0 radical (unpaired) electrons. The topological polar surface area (TPSA) is 39.4 Å². The first kappa shape index (κ1) is 15.8. The van der Waals surface area contributed by atoms with Crippen LogP contribution in [0, 0.1) is 13.8 Å². The van der Waals surface area contributed by atoms with Crippen LogP contribution < -0.4 is 4.74 Å². The summed E-state index contributed by atoms with van der Waals surface area (Å²) in [5.74, 6) is 1.74. The number of para-hydroxylation sites is 3. The molecule has 2 aromatic heterocycles. The van der Waals surface area contributed by atoms with E-state index in [9.17, 15) is 0 Å². The molecule has 4 heteroatoms. The second kappa shape index (κ2) is 6.09. The van der Waals surface area contributed by atoms with Crippen LogP contribution in [0.25, 0.3) is 27.6 Å². The van der Waals surface area contributed by atoms with Crippen LogP contribution in [0.5, 0.6) is 5.75 Å². The van der Waals surface area contributed by atoms with Gasteiger partial charge in [-0.05, 0) is 55.3 Å². The van der Waals surface area contributed by atoms with Gasteiger partial charge in [0.1, 0.15) is 18.0 Å². The summed E-state index contributed by atoms with van der Waals surface area (Å²) < 4.78 is 8.28. The summed E-state index contributed by atoms with van der Waals surface area (Å²) in [6.45, 7) is 4.56. The fourth-order valence-corrected chi connectivity index (χ4v) is 3.54. The van der Waals surface area contributed by atoms with Crippen LogP contribution in [0.1, 0.15) is 17.0 Å². The summed E-state index contributed by atoms with van der Waals surface area (Å²) in [7, 11) is 0. The van der Waals surface area contributed by atoms with E-state index in [1.54, 1.807) is 0 Å². The fraction of sp³-hybridized carbons (Fsp3) is 0.130. The third-order valence-corrected chi connectivity index (χ3v) is 5.13. The SMILES string of the molecule is Cc1cccc(OCc2nc3ccccc3c3nc4ccccc4n23)c1C. The molecule has 0 bridgehead atoms. The van der Waals surface area contributed by atoms with Crippen molar-refractivity contribution in [1.29, 1.82) is 0 Å². The van der Waals surface area contributed by atoms with Crippen LogP contribution in [0.2, 0.25) is 0 Å². The van der Waals surface area contributed by atoms with Gasteiger partial charge in [0.05, 0.1) is 16.6 Å². The average Bonchev–Trinajstić information content (AvgIpc) is 3.09. The monoisotopic (exact) mass is 353 g/mol. The molecule has 0 N–H and O–H groups in total. The zero-order valence-electron chi connectivity index (χ0n) is 15.3. The van der Waals surface area contributed by atoms with Gasteiger partial charge >= 0.3 is 0 Å². The Morgan fingerprint density at radius 3 is 2.48 bits per heavy atom. The molecule has 0 fully saturated rings. The minimum absolute atomic E-state index is 0.381. The highest BCUT2D eigenvalue weighted by atomic mass is 16.5. The van der Waals surface area contributed by atoms with Gasteiger partial charge in [0.2, 0.25) is 0 Å². The molecule has 132 valence electrons. The van der Waals surface area contributed by atoms with Crippen molar-refractivity contribution in [2.75, 3.05) is 0 Å². The Morgan fingerprint density at radius 1 is 0.815 bits per heavy atom. The lowest BCUT2D eigenvalue weighted by Crippen LogP contribution is -2.07. The number of hydrogen-bond donors (Lipinski definition) is 0. The number of fused-ring (bicyclic) bond motifs is 5. The molecule has 0 unspecified atom stereocenters. The quantitative estimate of drug-likeness (QED) is 0.446. The average molecular weight is 353 g/mol. The second-order valence-corrected chi connectivity index (χ2v) is 6.79. The van der Waals surface area contributed by atoms with Crippen molar-refractivity contribution < 1.29 is 4.74 Å². The van der Waals surface area contributed by atoms with Gasteiger partial charge in [-0.2, -0.15) is 0 Å². The molecule has 0 saturated heterocycles. The predicted octanol–water partition coefficient (Wildman–Crippen LogP) is 5.23. The number of imidazole rings is 1. The van der Waals surface area contributed by atoms with E-state index in [1.165, 1.54) is 5.56 Å². The Labute approximate surface area is 157 Å². The van der Waals surface area contributed by atoms with Crippen LogP contribution in [-0.2, 0) is 6.61 Å². The normalized spacial score (nSPS) is 11.5. The van der Waals surface area contributed by atoms with Crippen molar-refractivity contribution in [3.63, 3.8) is 0 Å². The fourth-order valence-electron chi connectivity index (χ4n) is 3.54. The Morgan fingerprint density at radius 2 is 1.59 bits per heavy atom. The lowest BCUT2D eigenvalue weighted by atomic mass is 10.1. The molecular weight excluding hydrogens is 334 g/mol. The second-order valence-electron chi connectivity index (χ2n) is 6.79. The lowest BCUT2D eigenvalue weighted by molar-refractivity contribution is 0.293. The summed E-state index contributed by atoms with van der Waals surface area (Å²) in [5, 5.41) is 1.05. The Kier molecular flexibility index (Phi) is 3.57. The Balaban J connectivity index is 1.71. The van der Waals surface area contributed by atoms with Crippen molar-refractivity contribution >= 4 is 27.6 Å². The molecule has 0 aliphatic heterocycles. The van der Waals surface area contributed by atoms with Gasteiger partial charge in [0, 0.05) is 5.39 Å². The van der Waals surface area contributed by atoms with E-state index in [0.29, 0.717) is 6.61 Å². The minimum Gasteiger partial charge on any atom is -0.485 e. The summed E-state index contributed by atoms with van der Waals surface area (Å²) in [4.78, 5) is 9.75. The first-order valence-electron chi connectivity index (χ1n) is 9.06. The number of aromatic nitrogens is 3. The molecule has 0 saturated carbocycles. The summed E-state index contributed by atoms with van der Waals surface area (Å²) in [5.41, 5.74) is 6.23. The number of aryl methyl sites for hydroxylation is 1. The molecule has 0 atom stereocenters. The largest absolute Gasteiger partial charge is 0.485 e. The maximum atomic E-state index is 6.17. The highest BCUT2D eigenvalue weighted by Crippen LogP contribution is 2.26. The standard InChI is InChI=1S/C23H19N3O/c1-15-8-7-13-21(16(15)2)27-14-22-24-18-10-4-3-9-17(18)23-25-19-11-5-6-12-20(19)26(22)23/h3-13H,14H2,1-2H3. The smallest absolute Gasteiger partial charge is 0.153 e. The summed E-state index contributed by atoms with van der Waals surface area (Å²) in [6, 6.07) is 22.4. The van der Waals surface area contributed by atoms with Crippen molar-refractivity contribution in [2.24, 2.45) is 0 Å². The number of rotatable bonds is 3.